The highest BCUT2D eigenvalue weighted by molar-refractivity contribution is 7.17. The number of hydrogen-bond donors (Lipinski definition) is 2. The molecule has 0 amide bonds. The fraction of sp³-hybridized carbons (Fsp3) is 0.125. The largest absolute Gasteiger partial charge is 0.492 e. The van der Waals surface area contributed by atoms with Crippen molar-refractivity contribution < 1.29 is 14.6 Å². The van der Waals surface area contributed by atoms with Crippen molar-refractivity contribution in [2.75, 3.05) is 11.9 Å². The summed E-state index contributed by atoms with van der Waals surface area (Å²) in [7, 11) is 0. The molecule has 1 aromatic carbocycles. The number of benzene rings is 1. The molecule has 0 saturated carbocycles. The Morgan fingerprint density at radius 1 is 1.28 bits per heavy atom. The molecule has 0 aliphatic carbocycles. The van der Waals surface area contributed by atoms with Gasteiger partial charge in [-0.1, -0.05) is 11.6 Å². The molecule has 0 fully saturated rings. The van der Waals surface area contributed by atoms with Crippen molar-refractivity contribution in [1.82, 2.24) is 15.0 Å². The Balaban J connectivity index is 1.85. The summed E-state index contributed by atoms with van der Waals surface area (Å²) in [5.74, 6) is -0.631. The van der Waals surface area contributed by atoms with Gasteiger partial charge in [0.15, 0.2) is 4.88 Å². The molecular formula is C16H13ClN4O3S. The van der Waals surface area contributed by atoms with Gasteiger partial charge in [0.1, 0.15) is 10.7 Å². The van der Waals surface area contributed by atoms with E-state index in [2.05, 4.69) is 20.3 Å². The van der Waals surface area contributed by atoms with Crippen molar-refractivity contribution in [3.05, 3.63) is 46.4 Å². The summed E-state index contributed by atoms with van der Waals surface area (Å²) in [6, 6.07) is 8.73. The Morgan fingerprint density at radius 2 is 2.04 bits per heavy atom. The Hall–Kier alpha value is -2.71. The number of aromatic hydroxyl groups is 1. The maximum Gasteiger partial charge on any atom is 0.353 e. The van der Waals surface area contributed by atoms with Crippen LogP contribution >= 0.6 is 22.9 Å². The van der Waals surface area contributed by atoms with Crippen molar-refractivity contribution in [3.63, 3.8) is 0 Å². The first kappa shape index (κ1) is 17.1. The Kier molecular flexibility index (Phi) is 5.11. The van der Waals surface area contributed by atoms with Crippen molar-refractivity contribution in [3.8, 4) is 16.6 Å². The van der Waals surface area contributed by atoms with Gasteiger partial charge in [-0.05, 0) is 37.3 Å². The molecule has 0 aliphatic rings. The predicted octanol–water partition coefficient (Wildman–Crippen LogP) is 3.88. The third-order valence-corrected chi connectivity index (χ3v) is 4.34. The van der Waals surface area contributed by atoms with Crippen LogP contribution in [-0.4, -0.2) is 32.6 Å². The first-order valence-corrected chi connectivity index (χ1v) is 8.49. The third kappa shape index (κ3) is 4.04. The average Bonchev–Trinajstić information content (AvgIpc) is 2.99. The summed E-state index contributed by atoms with van der Waals surface area (Å²) in [4.78, 5) is 24.3. The minimum atomic E-state index is -0.614. The first-order chi connectivity index (χ1) is 12.1. The van der Waals surface area contributed by atoms with Crippen molar-refractivity contribution >= 4 is 40.5 Å². The molecule has 0 saturated heterocycles. The van der Waals surface area contributed by atoms with E-state index in [4.69, 9.17) is 16.3 Å². The van der Waals surface area contributed by atoms with Crippen LogP contribution in [0.4, 0.5) is 11.6 Å². The van der Waals surface area contributed by atoms with Crippen LogP contribution in [0.1, 0.15) is 16.6 Å². The normalized spacial score (nSPS) is 10.5. The second-order valence-corrected chi connectivity index (χ2v) is 6.23. The number of halogens is 1. The van der Waals surface area contributed by atoms with E-state index >= 15 is 0 Å². The van der Waals surface area contributed by atoms with Gasteiger partial charge in [0.25, 0.3) is 0 Å². The van der Waals surface area contributed by atoms with Gasteiger partial charge in [0.2, 0.25) is 11.8 Å². The summed E-state index contributed by atoms with van der Waals surface area (Å²) < 4.78 is 4.89. The molecule has 25 heavy (non-hydrogen) atoms. The maximum absolute atomic E-state index is 11.8. The number of aromatic nitrogens is 3. The zero-order valence-corrected chi connectivity index (χ0v) is 14.6. The molecule has 2 N–H and O–H groups in total. The summed E-state index contributed by atoms with van der Waals surface area (Å²) in [6.45, 7) is 1.91. The molecule has 0 bridgehead atoms. The van der Waals surface area contributed by atoms with E-state index in [1.807, 2.05) is 0 Å². The summed E-state index contributed by atoms with van der Waals surface area (Å²) in [5.41, 5.74) is 1.25. The molecule has 3 aromatic rings. The van der Waals surface area contributed by atoms with E-state index in [0.717, 1.165) is 17.0 Å². The molecule has 0 spiro atoms. The fourth-order valence-electron chi connectivity index (χ4n) is 1.95. The molecule has 2 aromatic heterocycles. The highest BCUT2D eigenvalue weighted by Gasteiger charge is 2.20. The van der Waals surface area contributed by atoms with Gasteiger partial charge < -0.3 is 15.2 Å². The number of ether oxygens (including phenoxy) is 1. The molecule has 0 radical (unpaired) electrons. The third-order valence-electron chi connectivity index (χ3n) is 3.05. The van der Waals surface area contributed by atoms with Crippen LogP contribution in [-0.2, 0) is 4.74 Å². The van der Waals surface area contributed by atoms with Crippen LogP contribution in [0.15, 0.2) is 36.5 Å². The van der Waals surface area contributed by atoms with E-state index in [1.54, 1.807) is 43.5 Å². The summed E-state index contributed by atoms with van der Waals surface area (Å²) in [6.07, 6.45) is 1.56. The number of thiazole rings is 1. The van der Waals surface area contributed by atoms with Crippen molar-refractivity contribution in [2.45, 2.75) is 6.92 Å². The molecule has 3 rings (SSSR count). The lowest BCUT2D eigenvalue weighted by Gasteiger charge is -2.05. The van der Waals surface area contributed by atoms with Gasteiger partial charge in [-0.3, -0.25) is 0 Å². The lowest BCUT2D eigenvalue weighted by atomic mass is 10.3. The second kappa shape index (κ2) is 7.45. The molecule has 128 valence electrons. The zero-order valence-electron chi connectivity index (χ0n) is 13.1. The number of carbonyl (C=O) groups excluding carboxylic acids is 1. The van der Waals surface area contributed by atoms with Gasteiger partial charge in [-0.25, -0.2) is 14.8 Å². The van der Waals surface area contributed by atoms with Crippen LogP contribution in [0.25, 0.3) is 10.7 Å². The minimum Gasteiger partial charge on any atom is -0.492 e. The highest BCUT2D eigenvalue weighted by atomic mass is 35.5. The van der Waals surface area contributed by atoms with Gasteiger partial charge in [-0.2, -0.15) is 4.98 Å². The van der Waals surface area contributed by atoms with Gasteiger partial charge in [0, 0.05) is 16.9 Å². The number of rotatable bonds is 5. The van der Waals surface area contributed by atoms with E-state index in [0.29, 0.717) is 21.7 Å². The van der Waals surface area contributed by atoms with Crippen molar-refractivity contribution in [2.24, 2.45) is 0 Å². The minimum absolute atomic E-state index is 0.0441. The average molecular weight is 377 g/mol. The molecule has 9 heteroatoms. The smallest absolute Gasteiger partial charge is 0.353 e. The number of anilines is 2. The Bertz CT molecular complexity index is 899. The van der Waals surface area contributed by atoms with E-state index in [9.17, 15) is 9.90 Å². The molecular weight excluding hydrogens is 364 g/mol. The topological polar surface area (TPSA) is 97.2 Å². The Morgan fingerprint density at radius 3 is 2.76 bits per heavy atom. The van der Waals surface area contributed by atoms with Gasteiger partial charge in [-0.15, -0.1) is 11.3 Å². The molecule has 0 unspecified atom stereocenters. The number of carbonyl (C=O) groups is 1. The second-order valence-electron chi connectivity index (χ2n) is 4.79. The maximum atomic E-state index is 11.8. The molecule has 0 aliphatic heterocycles. The fourth-order valence-corrected chi connectivity index (χ4v) is 2.90. The lowest BCUT2D eigenvalue weighted by molar-refractivity contribution is 0.0528. The molecule has 0 atom stereocenters. The number of nitrogens with zero attached hydrogens (tertiary/aromatic N) is 3. The van der Waals surface area contributed by atoms with E-state index < -0.39 is 5.97 Å². The first-order valence-electron chi connectivity index (χ1n) is 7.29. The standard InChI is InChI=1S/C16H13ClN4O3S/c1-2-24-15(23)12-13(22)21-14(25-12)11-7-8-18-16(20-11)19-10-5-3-9(17)4-6-10/h3-8,22H,2H2,1H3,(H,18,19,20). The highest BCUT2D eigenvalue weighted by Crippen LogP contribution is 2.31. The van der Waals surface area contributed by atoms with Gasteiger partial charge in [0.05, 0.1) is 6.61 Å². The van der Waals surface area contributed by atoms with Crippen LogP contribution < -0.4 is 5.32 Å². The van der Waals surface area contributed by atoms with E-state index in [1.165, 1.54) is 0 Å². The van der Waals surface area contributed by atoms with Crippen LogP contribution in [0.3, 0.4) is 0 Å². The monoisotopic (exact) mass is 376 g/mol. The Labute approximate surface area is 152 Å². The SMILES string of the molecule is CCOC(=O)c1sc(-c2ccnc(Nc3ccc(Cl)cc3)n2)nc1O. The summed E-state index contributed by atoms with van der Waals surface area (Å²) >= 11 is 6.86. The number of esters is 1. The van der Waals surface area contributed by atoms with E-state index in [-0.39, 0.29) is 17.4 Å². The molecule has 7 nitrogen and oxygen atoms in total. The number of nitrogens with one attached hydrogen (secondary N) is 1. The van der Waals surface area contributed by atoms with Crippen LogP contribution in [0.5, 0.6) is 5.88 Å². The van der Waals surface area contributed by atoms with Crippen LogP contribution in [0, 0.1) is 0 Å². The van der Waals surface area contributed by atoms with Gasteiger partial charge >= 0.3 is 5.97 Å². The quantitative estimate of drug-likeness (QED) is 0.652. The zero-order chi connectivity index (χ0) is 17.8. The molecule has 2 heterocycles. The van der Waals surface area contributed by atoms with Crippen molar-refractivity contribution in [1.29, 1.82) is 0 Å². The summed E-state index contributed by atoms with van der Waals surface area (Å²) in [5, 5.41) is 13.9. The lowest BCUT2D eigenvalue weighted by Crippen LogP contribution is -2.02. The van der Waals surface area contributed by atoms with Crippen LogP contribution in [0.2, 0.25) is 5.02 Å². The number of hydrogen-bond acceptors (Lipinski definition) is 8. The predicted molar refractivity (Wildman–Crippen MR) is 95.5 cm³/mol.